The monoisotopic (exact) mass is 544 g/mol. The number of piperidine rings is 1. The lowest BCUT2D eigenvalue weighted by Crippen LogP contribution is -2.58. The van der Waals surface area contributed by atoms with Gasteiger partial charge in [-0.05, 0) is 54.7 Å². The van der Waals surface area contributed by atoms with Crippen LogP contribution in [0, 0.1) is 5.41 Å². The molecule has 2 aromatic carbocycles. The average Bonchev–Trinajstić information content (AvgIpc) is 3.48. The first-order valence-electron chi connectivity index (χ1n) is 13.1. The lowest BCUT2D eigenvalue weighted by Gasteiger charge is -2.52. The van der Waals surface area contributed by atoms with Crippen molar-refractivity contribution >= 4 is 35.1 Å². The summed E-state index contributed by atoms with van der Waals surface area (Å²) in [7, 11) is 0. The summed E-state index contributed by atoms with van der Waals surface area (Å²) < 4.78 is 5.82. The van der Waals surface area contributed by atoms with Crippen LogP contribution in [0.4, 0.5) is 0 Å². The van der Waals surface area contributed by atoms with Crippen LogP contribution >= 0.6 is 23.2 Å². The number of ether oxygens (including phenoxy) is 1. The van der Waals surface area contributed by atoms with Gasteiger partial charge in [-0.15, -0.1) is 0 Å². The number of carboxylic acids is 1. The van der Waals surface area contributed by atoms with Gasteiger partial charge < -0.3 is 14.7 Å². The highest BCUT2D eigenvalue weighted by Crippen LogP contribution is 2.52. The number of likely N-dealkylation sites (tertiary alicyclic amines) is 2. The average molecular weight is 546 g/mol. The molecule has 198 valence electrons. The number of amides is 1. The predicted octanol–water partition coefficient (Wildman–Crippen LogP) is 5.78. The van der Waals surface area contributed by atoms with Crippen molar-refractivity contribution in [3.05, 3.63) is 69.7 Å². The van der Waals surface area contributed by atoms with E-state index in [1.54, 1.807) is 0 Å². The molecular weight excluding hydrogens is 511 g/mol. The van der Waals surface area contributed by atoms with Gasteiger partial charge in [-0.1, -0.05) is 61.3 Å². The van der Waals surface area contributed by atoms with Gasteiger partial charge >= 0.3 is 5.97 Å². The molecule has 3 aliphatic rings. The fourth-order valence-corrected chi connectivity index (χ4v) is 6.99. The number of carbonyl (C=O) groups is 2. The molecule has 2 bridgehead atoms. The van der Waals surface area contributed by atoms with Gasteiger partial charge in [0, 0.05) is 41.1 Å². The minimum Gasteiger partial charge on any atom is -0.481 e. The van der Waals surface area contributed by atoms with E-state index in [1.807, 2.05) is 60.4 Å². The van der Waals surface area contributed by atoms with Crippen LogP contribution in [0.15, 0.2) is 48.5 Å². The highest BCUT2D eigenvalue weighted by molar-refractivity contribution is 6.30. The second-order valence-electron chi connectivity index (χ2n) is 11.1. The normalized spacial score (nSPS) is 30.6. The first-order chi connectivity index (χ1) is 17.7. The van der Waals surface area contributed by atoms with E-state index in [2.05, 4.69) is 11.8 Å². The molecule has 0 spiro atoms. The summed E-state index contributed by atoms with van der Waals surface area (Å²) in [5.74, 6) is -1.19. The minimum atomic E-state index is -1.04. The summed E-state index contributed by atoms with van der Waals surface area (Å²) in [6, 6.07) is 15.5. The van der Waals surface area contributed by atoms with E-state index in [1.165, 1.54) is 0 Å². The first-order valence-corrected chi connectivity index (χ1v) is 13.8. The molecule has 6 nitrogen and oxygen atoms in total. The number of nitrogens with zero attached hydrogens (tertiary/aromatic N) is 2. The van der Waals surface area contributed by atoms with Crippen LogP contribution in [0.5, 0.6) is 0 Å². The molecule has 3 saturated heterocycles. The van der Waals surface area contributed by atoms with Crippen molar-refractivity contribution < 1.29 is 19.4 Å². The van der Waals surface area contributed by atoms with E-state index in [0.29, 0.717) is 22.5 Å². The molecular formula is C29H34Cl2N2O4. The summed E-state index contributed by atoms with van der Waals surface area (Å²) in [6.45, 7) is 6.27. The molecule has 0 saturated carbocycles. The van der Waals surface area contributed by atoms with Gasteiger partial charge in [-0.3, -0.25) is 14.5 Å². The number of fused-ring (bicyclic) bond motifs is 2. The Morgan fingerprint density at radius 2 is 1.92 bits per heavy atom. The van der Waals surface area contributed by atoms with Crippen LogP contribution in [0.3, 0.4) is 0 Å². The molecule has 5 rings (SSSR count). The number of carbonyl (C=O) groups excluding carboxylic acids is 1. The maximum Gasteiger partial charge on any atom is 0.304 e. The molecule has 2 aromatic rings. The maximum absolute atomic E-state index is 14.4. The van der Waals surface area contributed by atoms with Crippen molar-refractivity contribution in [2.45, 2.75) is 69.7 Å². The Labute approximate surface area is 228 Å². The Morgan fingerprint density at radius 3 is 2.51 bits per heavy atom. The van der Waals surface area contributed by atoms with E-state index >= 15 is 0 Å². The minimum absolute atomic E-state index is 0.0809. The van der Waals surface area contributed by atoms with E-state index in [0.717, 1.165) is 43.7 Å². The highest BCUT2D eigenvalue weighted by atomic mass is 35.5. The van der Waals surface area contributed by atoms with Crippen molar-refractivity contribution in [1.29, 1.82) is 0 Å². The van der Waals surface area contributed by atoms with Crippen molar-refractivity contribution in [2.24, 2.45) is 5.41 Å². The van der Waals surface area contributed by atoms with Gasteiger partial charge in [0.15, 0.2) is 0 Å². The van der Waals surface area contributed by atoms with Crippen LogP contribution in [0.1, 0.15) is 62.6 Å². The lowest BCUT2D eigenvalue weighted by atomic mass is 9.67. The molecule has 1 unspecified atom stereocenters. The maximum atomic E-state index is 14.4. The zero-order valence-corrected chi connectivity index (χ0v) is 22.8. The van der Waals surface area contributed by atoms with Crippen LogP contribution in [-0.2, 0) is 14.3 Å². The third-order valence-electron chi connectivity index (χ3n) is 8.46. The number of morpholine rings is 1. The van der Waals surface area contributed by atoms with Crippen LogP contribution in [0.2, 0.25) is 10.0 Å². The largest absolute Gasteiger partial charge is 0.481 e. The van der Waals surface area contributed by atoms with Crippen LogP contribution < -0.4 is 0 Å². The summed E-state index contributed by atoms with van der Waals surface area (Å²) in [6.07, 6.45) is 2.26. The summed E-state index contributed by atoms with van der Waals surface area (Å²) in [5, 5.41) is 11.1. The molecule has 0 aromatic heterocycles. The van der Waals surface area contributed by atoms with Crippen molar-refractivity contribution in [3.63, 3.8) is 0 Å². The van der Waals surface area contributed by atoms with E-state index < -0.39 is 11.4 Å². The Kier molecular flexibility index (Phi) is 7.56. The third kappa shape index (κ3) is 5.26. The van der Waals surface area contributed by atoms with Gasteiger partial charge in [-0.2, -0.15) is 0 Å². The number of benzene rings is 2. The predicted molar refractivity (Wildman–Crippen MR) is 144 cm³/mol. The summed E-state index contributed by atoms with van der Waals surface area (Å²) >= 11 is 12.7. The number of carboxylic acid groups (broad SMARTS) is 1. The SMILES string of the molecule is CCC(CN1C[C@H]2C[C@@H]1CO2)N1C(=O)[C@@](C)(CC(=O)O)C[C@H](c2cccc(Cl)c2)[C@H]1c1ccc(Cl)cc1. The van der Waals surface area contributed by atoms with Gasteiger partial charge in [0.05, 0.1) is 30.6 Å². The molecule has 3 heterocycles. The number of hydrogen-bond donors (Lipinski definition) is 1. The number of halogens is 2. The van der Waals surface area contributed by atoms with Crippen molar-refractivity contribution in [3.8, 4) is 0 Å². The Balaban J connectivity index is 1.61. The molecule has 1 N–H and O–H groups in total. The summed E-state index contributed by atoms with van der Waals surface area (Å²) in [4.78, 5) is 30.8. The number of aliphatic carboxylic acids is 1. The Hall–Kier alpha value is -2.12. The topological polar surface area (TPSA) is 70.1 Å². The Bertz CT molecular complexity index is 1160. The Morgan fingerprint density at radius 1 is 1.16 bits per heavy atom. The van der Waals surface area contributed by atoms with Crippen molar-refractivity contribution in [2.75, 3.05) is 19.7 Å². The third-order valence-corrected chi connectivity index (χ3v) is 8.94. The standard InChI is InChI=1S/C29H34Cl2N2O4/c1-3-22(15-32-16-24-12-23(32)17-37-24)33-27(18-7-9-20(30)10-8-18)25(19-5-4-6-21(31)11-19)13-29(2,28(33)36)14-26(34)35/h4-11,22-25,27H,3,12-17H2,1-2H3,(H,34,35)/t22?,23-,24-,25-,27-,29-/m1/s1. The van der Waals surface area contributed by atoms with Gasteiger partial charge in [0.2, 0.25) is 5.91 Å². The van der Waals surface area contributed by atoms with E-state index in [9.17, 15) is 14.7 Å². The smallest absolute Gasteiger partial charge is 0.304 e. The van der Waals surface area contributed by atoms with Gasteiger partial charge in [-0.25, -0.2) is 0 Å². The molecule has 1 amide bonds. The first kappa shape index (κ1) is 26.5. The fourth-order valence-electron chi connectivity index (χ4n) is 6.67. The van der Waals surface area contributed by atoms with Crippen molar-refractivity contribution in [1.82, 2.24) is 9.80 Å². The molecule has 8 heteroatoms. The second kappa shape index (κ2) is 10.6. The molecule has 6 atom stereocenters. The zero-order valence-electron chi connectivity index (χ0n) is 21.3. The van der Waals surface area contributed by atoms with Crippen LogP contribution in [0.25, 0.3) is 0 Å². The second-order valence-corrected chi connectivity index (χ2v) is 11.9. The summed E-state index contributed by atoms with van der Waals surface area (Å²) in [5.41, 5.74) is 0.956. The van der Waals surface area contributed by atoms with Crippen LogP contribution in [-0.4, -0.2) is 64.7 Å². The fraction of sp³-hybridized carbons (Fsp3) is 0.517. The molecule has 3 fully saturated rings. The zero-order chi connectivity index (χ0) is 26.3. The molecule has 3 aliphatic heterocycles. The lowest BCUT2D eigenvalue weighted by molar-refractivity contribution is -0.161. The molecule has 0 radical (unpaired) electrons. The van der Waals surface area contributed by atoms with Gasteiger partial charge in [0.1, 0.15) is 0 Å². The van der Waals surface area contributed by atoms with E-state index in [4.69, 9.17) is 27.9 Å². The molecule has 37 heavy (non-hydrogen) atoms. The van der Waals surface area contributed by atoms with E-state index in [-0.39, 0.29) is 36.4 Å². The quantitative estimate of drug-likeness (QED) is 0.455. The highest BCUT2D eigenvalue weighted by Gasteiger charge is 2.53. The number of hydrogen-bond acceptors (Lipinski definition) is 4. The van der Waals surface area contributed by atoms with Gasteiger partial charge in [0.25, 0.3) is 0 Å². The number of rotatable bonds is 8. The molecule has 0 aliphatic carbocycles.